The lowest BCUT2D eigenvalue weighted by Gasteiger charge is -2.30. The van der Waals surface area contributed by atoms with E-state index >= 15 is 0 Å². The van der Waals surface area contributed by atoms with Gasteiger partial charge in [0.2, 0.25) is 5.91 Å². The molecule has 0 saturated carbocycles. The Balaban J connectivity index is 1.97. The normalized spacial score (nSPS) is 22.9. The Kier molecular flexibility index (Phi) is 5.24. The smallest absolute Gasteiger partial charge is 0.227 e. The average Bonchev–Trinajstić information content (AvgIpc) is 2.63. The summed E-state index contributed by atoms with van der Waals surface area (Å²) in [4.78, 5) is 16.4. The zero-order valence-electron chi connectivity index (χ0n) is 14.1. The minimum Gasteiger partial charge on any atom is -0.388 e. The number of likely N-dealkylation sites (N-methyl/N-ethyl adjacent to an activating group) is 1. The second kappa shape index (κ2) is 6.79. The number of hydrogen-bond donors (Lipinski definition) is 2. The monoisotopic (exact) mass is 308 g/mol. The van der Waals surface area contributed by atoms with Crippen LogP contribution in [0, 0.1) is 13.8 Å². The Morgan fingerprint density at radius 3 is 2.68 bits per heavy atom. The molecule has 1 saturated heterocycles. The highest BCUT2D eigenvalue weighted by Crippen LogP contribution is 2.23. The van der Waals surface area contributed by atoms with Crippen molar-refractivity contribution >= 4 is 5.91 Å². The van der Waals surface area contributed by atoms with Crippen molar-refractivity contribution in [3.8, 4) is 0 Å². The SMILES string of the molecule is Cc1n[nH]c(C)c1CC(=O)N1CCC[C@@](O)(CN(C)C)CC1. The molecule has 0 radical (unpaired) electrons. The van der Waals surface area contributed by atoms with Crippen LogP contribution >= 0.6 is 0 Å². The molecule has 6 heteroatoms. The van der Waals surface area contributed by atoms with E-state index in [1.165, 1.54) is 0 Å². The fourth-order valence-corrected chi connectivity index (χ4v) is 3.27. The molecule has 1 atom stereocenters. The molecule has 0 bridgehead atoms. The van der Waals surface area contributed by atoms with Gasteiger partial charge in [-0.3, -0.25) is 9.89 Å². The van der Waals surface area contributed by atoms with Crippen molar-refractivity contribution in [2.24, 2.45) is 0 Å². The van der Waals surface area contributed by atoms with Crippen molar-refractivity contribution in [1.82, 2.24) is 20.0 Å². The van der Waals surface area contributed by atoms with E-state index in [0.29, 0.717) is 25.9 Å². The zero-order valence-corrected chi connectivity index (χ0v) is 14.1. The minimum atomic E-state index is -0.681. The molecular formula is C16H28N4O2. The van der Waals surface area contributed by atoms with E-state index in [4.69, 9.17) is 0 Å². The molecule has 1 fully saturated rings. The van der Waals surface area contributed by atoms with Gasteiger partial charge in [-0.25, -0.2) is 0 Å². The van der Waals surface area contributed by atoms with Gasteiger partial charge >= 0.3 is 0 Å². The summed E-state index contributed by atoms with van der Waals surface area (Å²) in [6, 6.07) is 0. The van der Waals surface area contributed by atoms with Gasteiger partial charge in [0.05, 0.1) is 17.7 Å². The predicted molar refractivity (Wildman–Crippen MR) is 85.7 cm³/mol. The maximum absolute atomic E-state index is 12.5. The molecule has 1 aromatic rings. The Hall–Kier alpha value is -1.40. The van der Waals surface area contributed by atoms with Crippen molar-refractivity contribution in [2.45, 2.75) is 45.1 Å². The highest BCUT2D eigenvalue weighted by atomic mass is 16.3. The van der Waals surface area contributed by atoms with Crippen LogP contribution in [-0.2, 0) is 11.2 Å². The van der Waals surface area contributed by atoms with Gasteiger partial charge < -0.3 is 14.9 Å². The van der Waals surface area contributed by atoms with Crippen molar-refractivity contribution in [3.05, 3.63) is 17.0 Å². The lowest BCUT2D eigenvalue weighted by atomic mass is 9.94. The maximum Gasteiger partial charge on any atom is 0.227 e. The van der Waals surface area contributed by atoms with Gasteiger partial charge in [-0.15, -0.1) is 0 Å². The zero-order chi connectivity index (χ0) is 16.3. The van der Waals surface area contributed by atoms with Crippen LogP contribution in [0.4, 0.5) is 0 Å². The number of aromatic amines is 1. The number of amides is 1. The van der Waals surface area contributed by atoms with Crippen LogP contribution in [0.2, 0.25) is 0 Å². The second-order valence-electron chi connectivity index (χ2n) is 6.79. The summed E-state index contributed by atoms with van der Waals surface area (Å²) in [5, 5.41) is 17.7. The van der Waals surface area contributed by atoms with E-state index in [-0.39, 0.29) is 5.91 Å². The molecule has 2 rings (SSSR count). The molecule has 22 heavy (non-hydrogen) atoms. The van der Waals surface area contributed by atoms with Crippen LogP contribution < -0.4 is 0 Å². The minimum absolute atomic E-state index is 0.127. The predicted octanol–water partition coefficient (Wildman–Crippen LogP) is 0.874. The summed E-state index contributed by atoms with van der Waals surface area (Å²) in [7, 11) is 3.94. The highest BCUT2D eigenvalue weighted by Gasteiger charge is 2.32. The molecule has 124 valence electrons. The molecular weight excluding hydrogens is 280 g/mol. The number of carbonyl (C=O) groups excluding carboxylic acids is 1. The van der Waals surface area contributed by atoms with E-state index in [0.717, 1.165) is 36.3 Å². The second-order valence-corrected chi connectivity index (χ2v) is 6.79. The van der Waals surface area contributed by atoms with Crippen LogP contribution in [0.15, 0.2) is 0 Å². The van der Waals surface area contributed by atoms with Gasteiger partial charge in [0.25, 0.3) is 0 Å². The van der Waals surface area contributed by atoms with E-state index < -0.39 is 5.60 Å². The first-order chi connectivity index (χ1) is 10.3. The van der Waals surface area contributed by atoms with Gasteiger partial charge in [0, 0.05) is 30.9 Å². The summed E-state index contributed by atoms with van der Waals surface area (Å²) < 4.78 is 0. The number of nitrogens with zero attached hydrogens (tertiary/aromatic N) is 3. The third kappa shape index (κ3) is 4.08. The summed E-state index contributed by atoms with van der Waals surface area (Å²) in [5.41, 5.74) is 2.17. The molecule has 2 heterocycles. The largest absolute Gasteiger partial charge is 0.388 e. The number of aromatic nitrogens is 2. The number of rotatable bonds is 4. The van der Waals surface area contributed by atoms with E-state index in [2.05, 4.69) is 10.2 Å². The van der Waals surface area contributed by atoms with Gasteiger partial charge in [-0.2, -0.15) is 5.10 Å². The maximum atomic E-state index is 12.5. The van der Waals surface area contributed by atoms with Gasteiger partial charge in [0.1, 0.15) is 0 Å². The summed E-state index contributed by atoms with van der Waals surface area (Å²) >= 11 is 0. The van der Waals surface area contributed by atoms with Crippen LogP contribution in [0.25, 0.3) is 0 Å². The molecule has 0 spiro atoms. The number of hydrogen-bond acceptors (Lipinski definition) is 4. The van der Waals surface area contributed by atoms with Gasteiger partial charge in [0.15, 0.2) is 0 Å². The van der Waals surface area contributed by atoms with Crippen molar-refractivity contribution < 1.29 is 9.90 Å². The van der Waals surface area contributed by atoms with Crippen molar-refractivity contribution in [3.63, 3.8) is 0 Å². The fourth-order valence-electron chi connectivity index (χ4n) is 3.27. The van der Waals surface area contributed by atoms with Crippen LogP contribution in [-0.4, -0.2) is 70.3 Å². The number of likely N-dealkylation sites (tertiary alicyclic amines) is 1. The van der Waals surface area contributed by atoms with Crippen molar-refractivity contribution in [1.29, 1.82) is 0 Å². The Labute approximate surface area is 132 Å². The first-order valence-corrected chi connectivity index (χ1v) is 7.96. The van der Waals surface area contributed by atoms with E-state index in [1.807, 2.05) is 37.7 Å². The number of H-pyrrole nitrogens is 1. The molecule has 0 aliphatic carbocycles. The Bertz CT molecular complexity index is 507. The molecule has 1 aromatic heterocycles. The van der Waals surface area contributed by atoms with Crippen LogP contribution in [0.1, 0.15) is 36.2 Å². The number of aryl methyl sites for hydroxylation is 2. The summed E-state index contributed by atoms with van der Waals surface area (Å²) in [5.74, 6) is 0.127. The molecule has 1 aliphatic heterocycles. The first-order valence-electron chi connectivity index (χ1n) is 7.96. The lowest BCUT2D eigenvalue weighted by Crippen LogP contribution is -2.41. The van der Waals surface area contributed by atoms with Crippen LogP contribution in [0.3, 0.4) is 0 Å². The standard InChI is InChI=1S/C16H28N4O2/c1-12-14(13(2)18-17-12)10-15(21)20-8-5-6-16(22,7-9-20)11-19(3)4/h22H,5-11H2,1-4H3,(H,17,18)/t16-/m0/s1. The third-order valence-corrected chi connectivity index (χ3v) is 4.49. The molecule has 2 N–H and O–H groups in total. The Morgan fingerprint density at radius 1 is 1.36 bits per heavy atom. The average molecular weight is 308 g/mol. The molecule has 1 amide bonds. The topological polar surface area (TPSA) is 72.5 Å². The molecule has 0 unspecified atom stereocenters. The van der Waals surface area contributed by atoms with Gasteiger partial charge in [-0.05, 0) is 47.2 Å². The molecule has 6 nitrogen and oxygen atoms in total. The molecule has 0 aromatic carbocycles. The fraction of sp³-hybridized carbons (Fsp3) is 0.750. The van der Waals surface area contributed by atoms with Gasteiger partial charge in [-0.1, -0.05) is 0 Å². The van der Waals surface area contributed by atoms with E-state index in [9.17, 15) is 9.90 Å². The van der Waals surface area contributed by atoms with E-state index in [1.54, 1.807) is 0 Å². The molecule has 1 aliphatic rings. The third-order valence-electron chi connectivity index (χ3n) is 4.49. The summed E-state index contributed by atoms with van der Waals surface area (Å²) in [6.45, 7) is 5.86. The van der Waals surface area contributed by atoms with Crippen molar-refractivity contribution in [2.75, 3.05) is 33.7 Å². The van der Waals surface area contributed by atoms with Crippen LogP contribution in [0.5, 0.6) is 0 Å². The lowest BCUT2D eigenvalue weighted by molar-refractivity contribution is -0.130. The quantitative estimate of drug-likeness (QED) is 0.866. The number of aliphatic hydroxyl groups is 1. The summed E-state index contributed by atoms with van der Waals surface area (Å²) in [6.07, 6.45) is 2.62. The Morgan fingerprint density at radius 2 is 2.09 bits per heavy atom. The first kappa shape index (κ1) is 17.0. The highest BCUT2D eigenvalue weighted by molar-refractivity contribution is 5.79. The number of carbonyl (C=O) groups is 1. The number of nitrogens with one attached hydrogen (secondary N) is 1.